The average molecular weight is 513 g/mol. The molecule has 0 radical (unpaired) electrons. The molecule has 2 aliphatic rings. The first-order valence-electron chi connectivity index (χ1n) is 12.3. The molecular weight excluding hydrogens is 488 g/mol. The summed E-state index contributed by atoms with van der Waals surface area (Å²) < 4.78 is 7.79. The van der Waals surface area contributed by atoms with Gasteiger partial charge >= 0.3 is 0 Å². The van der Waals surface area contributed by atoms with E-state index in [9.17, 15) is 9.59 Å². The third-order valence-electron chi connectivity index (χ3n) is 7.29. The van der Waals surface area contributed by atoms with E-state index >= 15 is 0 Å². The number of para-hydroxylation sites is 1. The zero-order chi connectivity index (χ0) is 25.4. The topological polar surface area (TPSA) is 86.1 Å². The number of carbonyl (C=O) groups is 2. The molecule has 1 fully saturated rings. The van der Waals surface area contributed by atoms with Crippen molar-refractivity contribution in [2.24, 2.45) is 5.92 Å². The van der Waals surface area contributed by atoms with Gasteiger partial charge in [-0.15, -0.1) is 0 Å². The van der Waals surface area contributed by atoms with Crippen molar-refractivity contribution in [3.8, 4) is 11.5 Å². The maximum Gasteiger partial charge on any atom is 0.170 e. The molecule has 37 heavy (non-hydrogen) atoms. The molecule has 1 aromatic heterocycles. The Hall–Kier alpha value is -3.81. The molecule has 0 saturated heterocycles. The fourth-order valence-electron chi connectivity index (χ4n) is 5.67. The summed E-state index contributed by atoms with van der Waals surface area (Å²) in [4.78, 5) is 32.1. The zero-order valence-corrected chi connectivity index (χ0v) is 20.7. The molecule has 1 aliphatic carbocycles. The molecule has 1 N–H and O–H groups in total. The van der Waals surface area contributed by atoms with Crippen LogP contribution in [0.25, 0.3) is 0 Å². The maximum absolute atomic E-state index is 14.2. The zero-order valence-electron chi connectivity index (χ0n) is 20.0. The van der Waals surface area contributed by atoms with E-state index in [0.29, 0.717) is 23.1 Å². The van der Waals surface area contributed by atoms with E-state index in [4.69, 9.17) is 16.3 Å². The van der Waals surface area contributed by atoms with Crippen LogP contribution >= 0.6 is 11.6 Å². The highest BCUT2D eigenvalue weighted by atomic mass is 35.5. The number of Topliss-reactive ketones (excluding diaryl/α,β-unsaturated/α-hetero) is 2. The number of nitrogens with zero attached hydrogens (tertiary/aromatic N) is 3. The van der Waals surface area contributed by atoms with E-state index in [-0.39, 0.29) is 24.0 Å². The molecule has 0 unspecified atom stereocenters. The normalized spacial score (nSPS) is 23.5. The van der Waals surface area contributed by atoms with Crippen LogP contribution in [-0.4, -0.2) is 32.9 Å². The quantitative estimate of drug-likeness (QED) is 0.375. The third kappa shape index (κ3) is 4.45. The number of fused-ring (bicyclic) bond motifs is 1. The van der Waals surface area contributed by atoms with E-state index in [1.807, 2.05) is 54.6 Å². The Morgan fingerprint density at radius 1 is 0.973 bits per heavy atom. The van der Waals surface area contributed by atoms with Gasteiger partial charge in [0.05, 0.1) is 5.92 Å². The van der Waals surface area contributed by atoms with Crippen LogP contribution in [0.1, 0.15) is 41.1 Å². The number of benzene rings is 3. The SMILES string of the molecule is O=C1C[C@H](c2ccccc2Oc2cccc(Cl)c2)[C@@H](n2cncn2)C(=O)[C@@H]1[C@@H]1NCCc2ccccc21. The van der Waals surface area contributed by atoms with Gasteiger partial charge in [0.2, 0.25) is 0 Å². The number of halogens is 1. The molecule has 2 heterocycles. The highest BCUT2D eigenvalue weighted by molar-refractivity contribution is 6.30. The highest BCUT2D eigenvalue weighted by Gasteiger charge is 2.49. The third-order valence-corrected chi connectivity index (χ3v) is 7.53. The summed E-state index contributed by atoms with van der Waals surface area (Å²) in [6, 6.07) is 21.6. The lowest BCUT2D eigenvalue weighted by Crippen LogP contribution is -2.49. The van der Waals surface area contributed by atoms with Gasteiger partial charge in [-0.3, -0.25) is 9.59 Å². The minimum absolute atomic E-state index is 0.0851. The molecule has 6 rings (SSSR count). The van der Waals surface area contributed by atoms with Crippen LogP contribution in [0.15, 0.2) is 85.5 Å². The van der Waals surface area contributed by atoms with E-state index in [1.54, 1.807) is 23.1 Å². The standard InChI is InChI=1S/C29H25ClN4O3/c30-19-7-5-8-20(14-19)37-25-11-4-3-10-22(25)23-15-24(35)26(29(36)28(23)34-17-31-16-33-34)27-21-9-2-1-6-18(21)12-13-32-27/h1-11,14,16-17,23,26-28,32H,12-13,15H2/t23-,26+,27-,28-/m1/s1. The fraction of sp³-hybridized carbons (Fsp3) is 0.241. The molecule has 7 nitrogen and oxygen atoms in total. The van der Waals surface area contributed by atoms with Crippen molar-refractivity contribution in [3.63, 3.8) is 0 Å². The van der Waals surface area contributed by atoms with Gasteiger partial charge in [0.25, 0.3) is 0 Å². The summed E-state index contributed by atoms with van der Waals surface area (Å²) in [6.07, 6.45) is 4.01. The summed E-state index contributed by atoms with van der Waals surface area (Å²) in [6.45, 7) is 0.715. The molecule has 4 aromatic rings. The first kappa shape index (κ1) is 23.6. The van der Waals surface area contributed by atoms with Gasteiger partial charge in [-0.05, 0) is 48.4 Å². The summed E-state index contributed by atoms with van der Waals surface area (Å²) in [5.74, 6) is -0.386. The number of carbonyl (C=O) groups excluding carboxylic acids is 2. The number of rotatable bonds is 5. The van der Waals surface area contributed by atoms with Crippen molar-refractivity contribution < 1.29 is 14.3 Å². The molecule has 0 spiro atoms. The number of hydrogen-bond donors (Lipinski definition) is 1. The molecule has 4 atom stereocenters. The molecule has 1 saturated carbocycles. The average Bonchev–Trinajstić information content (AvgIpc) is 3.43. The molecule has 0 amide bonds. The molecule has 186 valence electrons. The smallest absolute Gasteiger partial charge is 0.170 e. The van der Waals surface area contributed by atoms with Gasteiger partial charge < -0.3 is 10.1 Å². The van der Waals surface area contributed by atoms with E-state index in [0.717, 1.165) is 17.5 Å². The fourth-order valence-corrected chi connectivity index (χ4v) is 5.85. The molecule has 3 aromatic carbocycles. The Bertz CT molecular complexity index is 1460. The Kier molecular flexibility index (Phi) is 6.32. The first-order valence-corrected chi connectivity index (χ1v) is 12.7. The number of hydrogen-bond acceptors (Lipinski definition) is 6. The lowest BCUT2D eigenvalue weighted by Gasteiger charge is -2.39. The second-order valence-electron chi connectivity index (χ2n) is 9.46. The summed E-state index contributed by atoms with van der Waals surface area (Å²) in [7, 11) is 0. The Morgan fingerprint density at radius 2 is 1.78 bits per heavy atom. The van der Waals surface area contributed by atoms with Gasteiger partial charge in [0.1, 0.15) is 36.0 Å². The number of ketones is 2. The van der Waals surface area contributed by atoms with Gasteiger partial charge in [-0.1, -0.05) is 60.1 Å². The van der Waals surface area contributed by atoms with Crippen LogP contribution in [0, 0.1) is 5.92 Å². The van der Waals surface area contributed by atoms with Crippen molar-refractivity contribution in [2.75, 3.05) is 6.54 Å². The summed E-state index contributed by atoms with van der Waals surface area (Å²) in [5, 5.41) is 8.34. The van der Waals surface area contributed by atoms with Crippen LogP contribution in [0.5, 0.6) is 11.5 Å². The second kappa shape index (κ2) is 9.92. The van der Waals surface area contributed by atoms with Crippen LogP contribution in [0.3, 0.4) is 0 Å². The predicted molar refractivity (Wildman–Crippen MR) is 139 cm³/mol. The van der Waals surface area contributed by atoms with E-state index in [2.05, 4.69) is 21.5 Å². The Labute approximate surface area is 219 Å². The molecule has 0 bridgehead atoms. The summed E-state index contributed by atoms with van der Waals surface area (Å²) >= 11 is 6.16. The van der Waals surface area contributed by atoms with Crippen molar-refractivity contribution in [3.05, 3.63) is 107 Å². The highest BCUT2D eigenvalue weighted by Crippen LogP contribution is 2.46. The second-order valence-corrected chi connectivity index (χ2v) is 9.89. The van der Waals surface area contributed by atoms with Crippen molar-refractivity contribution >= 4 is 23.2 Å². The van der Waals surface area contributed by atoms with Crippen LogP contribution < -0.4 is 10.1 Å². The largest absolute Gasteiger partial charge is 0.457 e. The number of nitrogens with one attached hydrogen (secondary N) is 1. The maximum atomic E-state index is 14.2. The van der Waals surface area contributed by atoms with Crippen LogP contribution in [-0.2, 0) is 16.0 Å². The number of aromatic nitrogens is 3. The lowest BCUT2D eigenvalue weighted by atomic mass is 9.69. The molecule has 8 heteroatoms. The molecule has 1 aliphatic heterocycles. The monoisotopic (exact) mass is 512 g/mol. The van der Waals surface area contributed by atoms with E-state index in [1.165, 1.54) is 11.9 Å². The van der Waals surface area contributed by atoms with Crippen LogP contribution in [0.4, 0.5) is 0 Å². The van der Waals surface area contributed by atoms with Gasteiger partial charge in [0, 0.05) is 29.0 Å². The minimum Gasteiger partial charge on any atom is -0.457 e. The summed E-state index contributed by atoms with van der Waals surface area (Å²) in [5.41, 5.74) is 2.95. The van der Waals surface area contributed by atoms with Crippen LogP contribution in [0.2, 0.25) is 5.02 Å². The van der Waals surface area contributed by atoms with Gasteiger partial charge in [0.15, 0.2) is 5.78 Å². The number of ether oxygens (including phenoxy) is 1. The van der Waals surface area contributed by atoms with Crippen molar-refractivity contribution in [1.82, 2.24) is 20.1 Å². The lowest BCUT2D eigenvalue weighted by molar-refractivity contribution is -0.141. The van der Waals surface area contributed by atoms with Crippen molar-refractivity contribution in [1.29, 1.82) is 0 Å². The Balaban J connectivity index is 1.40. The molecular formula is C29H25ClN4O3. The van der Waals surface area contributed by atoms with Gasteiger partial charge in [-0.2, -0.15) is 5.10 Å². The van der Waals surface area contributed by atoms with Gasteiger partial charge in [-0.25, -0.2) is 9.67 Å². The van der Waals surface area contributed by atoms with Crippen molar-refractivity contribution in [2.45, 2.75) is 30.8 Å². The van der Waals surface area contributed by atoms with E-state index < -0.39 is 17.9 Å². The first-order chi connectivity index (χ1) is 18.1. The predicted octanol–water partition coefficient (Wildman–Crippen LogP) is 5.09. The Morgan fingerprint density at radius 3 is 2.59 bits per heavy atom. The minimum atomic E-state index is -0.812.